The number of nitrogens with one attached hydrogen (secondary N) is 1. The van der Waals surface area contributed by atoms with Crippen LogP contribution in [0.1, 0.15) is 16.7 Å². The molecule has 0 saturated carbocycles. The highest BCUT2D eigenvalue weighted by atomic mass is 19.2. The largest absolute Gasteiger partial charge is 0.382 e. The molecule has 3 rings (SSSR count). The maximum Gasteiger partial charge on any atom is 0.194 e. The Bertz CT molecular complexity index is 728. The fourth-order valence-electron chi connectivity index (χ4n) is 2.71. The van der Waals surface area contributed by atoms with Crippen molar-refractivity contribution >= 4 is 11.4 Å². The Morgan fingerprint density at radius 3 is 2.55 bits per heavy atom. The molecule has 0 aromatic heterocycles. The van der Waals surface area contributed by atoms with Crippen molar-refractivity contribution in [2.45, 2.75) is 20.4 Å². The highest BCUT2D eigenvalue weighted by Gasteiger charge is 2.21. The van der Waals surface area contributed by atoms with Crippen LogP contribution in [0.15, 0.2) is 24.3 Å². The van der Waals surface area contributed by atoms with E-state index in [9.17, 15) is 13.2 Å². The van der Waals surface area contributed by atoms with Gasteiger partial charge in [-0.25, -0.2) is 13.2 Å². The Balaban J connectivity index is 1.96. The summed E-state index contributed by atoms with van der Waals surface area (Å²) in [6.45, 7) is 5.65. The predicted molar refractivity (Wildman–Crippen MR) is 81.8 cm³/mol. The van der Waals surface area contributed by atoms with Crippen LogP contribution in [0.5, 0.6) is 0 Å². The maximum absolute atomic E-state index is 13.9. The molecular weight excluding hydrogens is 289 g/mol. The summed E-state index contributed by atoms with van der Waals surface area (Å²) in [6.07, 6.45) is 0. The van der Waals surface area contributed by atoms with Gasteiger partial charge in [0.15, 0.2) is 17.5 Å². The second-order valence-electron chi connectivity index (χ2n) is 5.64. The molecule has 22 heavy (non-hydrogen) atoms. The van der Waals surface area contributed by atoms with Gasteiger partial charge in [0.2, 0.25) is 0 Å². The number of hydrogen-bond donors (Lipinski definition) is 1. The molecule has 0 spiro atoms. The summed E-state index contributed by atoms with van der Waals surface area (Å²) in [5.41, 5.74) is 4.41. The van der Waals surface area contributed by atoms with Crippen molar-refractivity contribution in [3.05, 3.63) is 58.4 Å². The summed E-state index contributed by atoms with van der Waals surface area (Å²) in [5.74, 6) is -3.68. The van der Waals surface area contributed by atoms with Gasteiger partial charge in [-0.15, -0.1) is 0 Å². The van der Waals surface area contributed by atoms with Crippen LogP contribution in [0, 0.1) is 31.3 Å². The zero-order chi connectivity index (χ0) is 15.9. The molecule has 2 aromatic carbocycles. The number of anilines is 2. The number of hydrogen-bond acceptors (Lipinski definition) is 2. The normalized spacial score (nSPS) is 13.8. The van der Waals surface area contributed by atoms with Crippen LogP contribution in [0.2, 0.25) is 0 Å². The molecule has 0 amide bonds. The van der Waals surface area contributed by atoms with E-state index in [1.165, 1.54) is 11.6 Å². The van der Waals surface area contributed by atoms with E-state index >= 15 is 0 Å². The predicted octanol–water partition coefficient (Wildman–Crippen LogP) is 4.15. The first-order chi connectivity index (χ1) is 10.5. The molecule has 0 saturated heterocycles. The molecular formula is C17H17F3N2. The van der Waals surface area contributed by atoms with Crippen LogP contribution in [0.25, 0.3) is 0 Å². The van der Waals surface area contributed by atoms with E-state index in [2.05, 4.69) is 11.4 Å². The SMILES string of the molecule is Cc1cc2c(cc1C)N(Cc1ccc(F)c(F)c1F)CCN2. The lowest BCUT2D eigenvalue weighted by Gasteiger charge is -2.33. The Morgan fingerprint density at radius 1 is 1.05 bits per heavy atom. The van der Waals surface area contributed by atoms with Gasteiger partial charge < -0.3 is 10.2 Å². The number of halogens is 3. The molecule has 5 heteroatoms. The fraction of sp³-hybridized carbons (Fsp3) is 0.294. The summed E-state index contributed by atoms with van der Waals surface area (Å²) in [7, 11) is 0. The molecule has 0 atom stereocenters. The van der Waals surface area contributed by atoms with E-state index < -0.39 is 17.5 Å². The zero-order valence-corrected chi connectivity index (χ0v) is 12.5. The molecule has 0 unspecified atom stereocenters. The monoisotopic (exact) mass is 306 g/mol. The van der Waals surface area contributed by atoms with Crippen LogP contribution in [-0.2, 0) is 6.54 Å². The van der Waals surface area contributed by atoms with E-state index in [1.54, 1.807) is 0 Å². The average molecular weight is 306 g/mol. The lowest BCUT2D eigenvalue weighted by atomic mass is 10.0. The summed E-state index contributed by atoms with van der Waals surface area (Å²) in [4.78, 5) is 1.98. The third-order valence-electron chi connectivity index (χ3n) is 4.13. The van der Waals surface area contributed by atoms with E-state index in [0.717, 1.165) is 29.5 Å². The number of fused-ring (bicyclic) bond motifs is 1. The number of nitrogens with zero attached hydrogens (tertiary/aromatic N) is 1. The molecule has 0 fully saturated rings. The highest BCUT2D eigenvalue weighted by molar-refractivity contribution is 5.74. The van der Waals surface area contributed by atoms with Gasteiger partial charge >= 0.3 is 0 Å². The second kappa shape index (κ2) is 5.55. The molecule has 0 bridgehead atoms. The van der Waals surface area contributed by atoms with Crippen LogP contribution >= 0.6 is 0 Å². The first kappa shape index (κ1) is 14.8. The Hall–Kier alpha value is -2.17. The summed E-state index contributed by atoms with van der Waals surface area (Å²) < 4.78 is 40.3. The van der Waals surface area contributed by atoms with Crippen molar-refractivity contribution < 1.29 is 13.2 Å². The average Bonchev–Trinajstić information content (AvgIpc) is 2.50. The first-order valence-electron chi connectivity index (χ1n) is 7.20. The molecule has 1 aliphatic heterocycles. The van der Waals surface area contributed by atoms with Crippen LogP contribution in [0.3, 0.4) is 0 Å². The maximum atomic E-state index is 13.9. The molecule has 1 N–H and O–H groups in total. The van der Waals surface area contributed by atoms with Crippen molar-refractivity contribution in [1.29, 1.82) is 0 Å². The summed E-state index contributed by atoms with van der Waals surface area (Å²) in [6, 6.07) is 6.36. The smallest absolute Gasteiger partial charge is 0.194 e. The van der Waals surface area contributed by atoms with Gasteiger partial charge in [0.05, 0.1) is 11.4 Å². The van der Waals surface area contributed by atoms with Crippen molar-refractivity contribution in [3.8, 4) is 0 Å². The Labute approximate surface area is 127 Å². The van der Waals surface area contributed by atoms with Crippen LogP contribution < -0.4 is 10.2 Å². The zero-order valence-electron chi connectivity index (χ0n) is 12.5. The molecule has 2 aromatic rings. The van der Waals surface area contributed by atoms with Crippen molar-refractivity contribution in [2.75, 3.05) is 23.3 Å². The van der Waals surface area contributed by atoms with Gasteiger partial charge in [-0.3, -0.25) is 0 Å². The Kier molecular flexibility index (Phi) is 3.72. The van der Waals surface area contributed by atoms with Gasteiger partial charge in [0, 0.05) is 25.2 Å². The number of rotatable bonds is 2. The minimum Gasteiger partial charge on any atom is -0.382 e. The third kappa shape index (κ3) is 2.51. The quantitative estimate of drug-likeness (QED) is 0.838. The molecule has 0 radical (unpaired) electrons. The third-order valence-corrected chi connectivity index (χ3v) is 4.13. The van der Waals surface area contributed by atoms with E-state index in [1.807, 2.05) is 24.8 Å². The van der Waals surface area contributed by atoms with Gasteiger partial charge in [0.25, 0.3) is 0 Å². The molecule has 1 aliphatic rings. The van der Waals surface area contributed by atoms with Crippen molar-refractivity contribution in [2.24, 2.45) is 0 Å². The first-order valence-corrected chi connectivity index (χ1v) is 7.20. The lowest BCUT2D eigenvalue weighted by molar-refractivity contribution is 0.440. The second-order valence-corrected chi connectivity index (χ2v) is 5.64. The molecule has 0 aliphatic carbocycles. The van der Waals surface area contributed by atoms with Crippen LogP contribution in [-0.4, -0.2) is 13.1 Å². The van der Waals surface area contributed by atoms with Gasteiger partial charge in [0.1, 0.15) is 0 Å². The topological polar surface area (TPSA) is 15.3 Å². The van der Waals surface area contributed by atoms with Crippen molar-refractivity contribution in [1.82, 2.24) is 0 Å². The molecule has 1 heterocycles. The standard InChI is InChI=1S/C17H17F3N2/c1-10-7-14-15(8-11(10)2)22(6-5-21-14)9-12-3-4-13(18)17(20)16(12)19/h3-4,7-8,21H,5-6,9H2,1-2H3. The van der Waals surface area contributed by atoms with Crippen molar-refractivity contribution in [3.63, 3.8) is 0 Å². The summed E-state index contributed by atoms with van der Waals surface area (Å²) >= 11 is 0. The van der Waals surface area contributed by atoms with E-state index in [0.29, 0.717) is 6.54 Å². The fourth-order valence-corrected chi connectivity index (χ4v) is 2.71. The lowest BCUT2D eigenvalue weighted by Crippen LogP contribution is -2.34. The minimum absolute atomic E-state index is 0.157. The Morgan fingerprint density at radius 2 is 1.77 bits per heavy atom. The summed E-state index contributed by atoms with van der Waals surface area (Å²) in [5, 5.41) is 3.31. The number of aryl methyl sites for hydroxylation is 2. The minimum atomic E-state index is -1.41. The highest BCUT2D eigenvalue weighted by Crippen LogP contribution is 2.33. The van der Waals surface area contributed by atoms with E-state index in [-0.39, 0.29) is 12.1 Å². The van der Waals surface area contributed by atoms with Gasteiger partial charge in [-0.1, -0.05) is 6.07 Å². The van der Waals surface area contributed by atoms with Gasteiger partial charge in [-0.2, -0.15) is 0 Å². The van der Waals surface area contributed by atoms with E-state index in [4.69, 9.17) is 0 Å². The number of benzene rings is 2. The molecule has 2 nitrogen and oxygen atoms in total. The van der Waals surface area contributed by atoms with Gasteiger partial charge in [-0.05, 0) is 43.2 Å². The van der Waals surface area contributed by atoms with Crippen LogP contribution in [0.4, 0.5) is 24.5 Å². The molecule has 116 valence electrons.